The summed E-state index contributed by atoms with van der Waals surface area (Å²) in [4.78, 5) is 22.8. The van der Waals surface area contributed by atoms with Gasteiger partial charge in [-0.05, 0) is 0 Å². The van der Waals surface area contributed by atoms with Crippen LogP contribution >= 0.6 is 0 Å². The molecule has 0 N–H and O–H groups in total. The quantitative estimate of drug-likeness (QED) is 0.403. The Labute approximate surface area is 69.8 Å². The summed E-state index contributed by atoms with van der Waals surface area (Å²) in [7, 11) is 0. The van der Waals surface area contributed by atoms with Crippen LogP contribution in [0.1, 0.15) is 0 Å². The molecule has 0 aromatic heterocycles. The van der Waals surface area contributed by atoms with Crippen molar-refractivity contribution in [1.29, 1.82) is 0 Å². The summed E-state index contributed by atoms with van der Waals surface area (Å²) in [6, 6.07) is 0. The molecule has 0 aromatic carbocycles. The molecule has 0 unspecified atom stereocenters. The molecule has 0 saturated carbocycles. The van der Waals surface area contributed by atoms with Crippen LogP contribution in [0.15, 0.2) is 25.3 Å². The summed E-state index contributed by atoms with van der Waals surface area (Å²) >= 11 is -2.66. The van der Waals surface area contributed by atoms with Gasteiger partial charge in [-0.1, -0.05) is 0 Å². The van der Waals surface area contributed by atoms with Crippen LogP contribution in [0.2, 0.25) is 10.0 Å². The van der Waals surface area contributed by atoms with Gasteiger partial charge in [0.05, 0.1) is 0 Å². The third-order valence-corrected chi connectivity index (χ3v) is 6.35. The van der Waals surface area contributed by atoms with Crippen molar-refractivity contribution >= 4 is 9.76 Å². The first-order chi connectivity index (χ1) is 5.24. The van der Waals surface area contributed by atoms with Crippen molar-refractivity contribution < 1.29 is 24.4 Å². The van der Waals surface area contributed by atoms with Crippen molar-refractivity contribution in [2.24, 2.45) is 0 Å². The second-order valence-corrected chi connectivity index (χ2v) is 8.43. The van der Waals surface area contributed by atoms with Crippen LogP contribution in [0.4, 0.5) is 0 Å². The van der Waals surface area contributed by atoms with E-state index in [0.717, 1.165) is 9.76 Å². The number of carbonyl (C=O) groups excluding carboxylic acids is 2. The van der Waals surface area contributed by atoms with Gasteiger partial charge in [0.2, 0.25) is 0 Å². The molecule has 0 saturated heterocycles. The Kier molecular flexibility index (Phi) is 4.88. The van der Waals surface area contributed by atoms with Gasteiger partial charge in [0.25, 0.3) is 0 Å². The van der Waals surface area contributed by atoms with E-state index in [1.54, 1.807) is 12.2 Å². The third kappa shape index (κ3) is 2.90. The number of carbonyl (C=O) groups is 2. The van der Waals surface area contributed by atoms with Crippen LogP contribution in [0.25, 0.3) is 0 Å². The van der Waals surface area contributed by atoms with Crippen molar-refractivity contribution in [2.45, 2.75) is 10.0 Å². The fraction of sp³-hybridized carbons (Fsp3) is 0.250. The van der Waals surface area contributed by atoms with E-state index >= 15 is 0 Å². The first kappa shape index (κ1) is 10.4. The van der Waals surface area contributed by atoms with Crippen molar-refractivity contribution in [3.63, 3.8) is 0 Å². The molecule has 0 bridgehead atoms. The molecule has 0 atom stereocenters. The summed E-state index contributed by atoms with van der Waals surface area (Å²) in [6.07, 6.45) is 3.27. The van der Waals surface area contributed by atoms with Gasteiger partial charge >= 0.3 is 69.5 Å². The zero-order valence-corrected chi connectivity index (χ0v) is 8.05. The van der Waals surface area contributed by atoms with E-state index in [2.05, 4.69) is 13.2 Å². The zero-order chi connectivity index (χ0) is 8.74. The molecule has 0 aromatic rings. The Balaban J connectivity index is 4.42. The van der Waals surface area contributed by atoms with Crippen molar-refractivity contribution in [2.75, 3.05) is 0 Å². The first-order valence-electron chi connectivity index (χ1n) is 3.01. The number of rotatable bonds is 6. The molecule has 2 nitrogen and oxygen atoms in total. The zero-order valence-electron chi connectivity index (χ0n) is 6.31. The molecule has 11 heavy (non-hydrogen) atoms. The van der Waals surface area contributed by atoms with Gasteiger partial charge in [0.15, 0.2) is 0 Å². The fourth-order valence-corrected chi connectivity index (χ4v) is 3.52. The Morgan fingerprint density at radius 3 is 1.55 bits per heavy atom. The minimum absolute atomic E-state index is 0.551. The summed E-state index contributed by atoms with van der Waals surface area (Å²) in [5.41, 5.74) is 0. The minimum atomic E-state index is -2.66. The van der Waals surface area contributed by atoms with Crippen LogP contribution in [-0.4, -0.2) is 9.76 Å². The predicted molar refractivity (Wildman–Crippen MR) is 43.5 cm³/mol. The van der Waals surface area contributed by atoms with E-state index in [1.165, 1.54) is 0 Å². The van der Waals surface area contributed by atoms with E-state index in [0.29, 0.717) is 10.0 Å². The van der Waals surface area contributed by atoms with Crippen LogP contribution in [0, 0.1) is 0 Å². The molecule has 0 rings (SSSR count). The van der Waals surface area contributed by atoms with E-state index in [9.17, 15) is 9.59 Å². The number of allylic oxidation sites excluding steroid dienone is 2. The van der Waals surface area contributed by atoms with Gasteiger partial charge in [-0.15, -0.1) is 0 Å². The number of hydrogen-bond acceptors (Lipinski definition) is 2. The molecule has 0 heterocycles. The molecule has 0 spiro atoms. The van der Waals surface area contributed by atoms with Gasteiger partial charge in [0, 0.05) is 0 Å². The SMILES string of the molecule is C=C[CH2][Ru]([CH]=O)([CH]=O)[CH2]C=C. The van der Waals surface area contributed by atoms with Crippen molar-refractivity contribution in [3.8, 4) is 0 Å². The van der Waals surface area contributed by atoms with Gasteiger partial charge < -0.3 is 0 Å². The second-order valence-electron chi connectivity index (χ2n) is 1.90. The van der Waals surface area contributed by atoms with Crippen LogP contribution in [0.3, 0.4) is 0 Å². The Bertz CT molecular complexity index is 155. The van der Waals surface area contributed by atoms with Crippen molar-refractivity contribution in [3.05, 3.63) is 25.3 Å². The Morgan fingerprint density at radius 2 is 1.36 bits per heavy atom. The summed E-state index contributed by atoms with van der Waals surface area (Å²) in [5.74, 6) is 0. The molecule has 0 aliphatic heterocycles. The van der Waals surface area contributed by atoms with Crippen LogP contribution < -0.4 is 0 Å². The van der Waals surface area contributed by atoms with Gasteiger partial charge in [0.1, 0.15) is 0 Å². The van der Waals surface area contributed by atoms with Crippen molar-refractivity contribution in [1.82, 2.24) is 0 Å². The van der Waals surface area contributed by atoms with E-state index < -0.39 is 14.8 Å². The Hall–Kier alpha value is -0.557. The van der Waals surface area contributed by atoms with E-state index in [1.807, 2.05) is 0 Å². The Morgan fingerprint density at radius 1 is 1.00 bits per heavy atom. The molecule has 0 aliphatic carbocycles. The average molecular weight is 241 g/mol. The average Bonchev–Trinajstić information content (AvgIpc) is 2.04. The molecular weight excluding hydrogens is 229 g/mol. The molecular formula is C8H12O2Ru. The van der Waals surface area contributed by atoms with Gasteiger partial charge in [-0.2, -0.15) is 0 Å². The molecule has 0 aliphatic rings. The molecule has 0 amide bonds. The standard InChI is InChI=1S/2C3H5.2CHO.Ru/c2*1-3-2;2*1-2;/h2*3H,1-2H2;2*1H;. The fourth-order valence-electron chi connectivity index (χ4n) is 0.595. The maximum absolute atomic E-state index is 10.6. The number of hydrogen-bond donors (Lipinski definition) is 0. The molecule has 3 heteroatoms. The third-order valence-electron chi connectivity index (χ3n) is 1.07. The monoisotopic (exact) mass is 242 g/mol. The normalized spacial score (nSPS) is 11.6. The summed E-state index contributed by atoms with van der Waals surface area (Å²) in [6.45, 7) is 7.03. The first-order valence-corrected chi connectivity index (χ1v) is 7.48. The molecule has 64 valence electrons. The molecule has 0 fully saturated rings. The topological polar surface area (TPSA) is 34.1 Å². The van der Waals surface area contributed by atoms with Crippen LogP contribution in [-0.2, 0) is 24.4 Å². The van der Waals surface area contributed by atoms with Crippen LogP contribution in [0.5, 0.6) is 0 Å². The van der Waals surface area contributed by atoms with E-state index in [-0.39, 0.29) is 0 Å². The summed E-state index contributed by atoms with van der Waals surface area (Å²) < 4.78 is 0. The maximum atomic E-state index is 10.6. The second kappa shape index (κ2) is 5.14. The van der Waals surface area contributed by atoms with E-state index in [4.69, 9.17) is 0 Å². The predicted octanol–water partition coefficient (Wildman–Crippen LogP) is 1.73. The van der Waals surface area contributed by atoms with Gasteiger partial charge in [-0.3, -0.25) is 0 Å². The van der Waals surface area contributed by atoms with Gasteiger partial charge in [-0.25, -0.2) is 0 Å². The molecule has 0 radical (unpaired) electrons. The summed E-state index contributed by atoms with van der Waals surface area (Å²) in [5, 5.41) is 1.10.